The molecule has 1 atom stereocenters. The molecule has 1 aliphatic heterocycles. The topological polar surface area (TPSA) is 74.7 Å². The van der Waals surface area contributed by atoms with Crippen LogP contribution in [0.15, 0.2) is 23.1 Å². The third-order valence-electron chi connectivity index (χ3n) is 3.31. The van der Waals surface area contributed by atoms with E-state index in [2.05, 4.69) is 0 Å². The van der Waals surface area contributed by atoms with E-state index < -0.39 is 32.8 Å². The first-order valence-electron chi connectivity index (χ1n) is 5.99. The third-order valence-corrected chi connectivity index (χ3v) is 5.48. The first kappa shape index (κ1) is 14.7. The fourth-order valence-corrected chi connectivity index (χ4v) is 3.98. The predicted octanol–water partition coefficient (Wildman–Crippen LogP) is 1.88. The van der Waals surface area contributed by atoms with E-state index >= 15 is 0 Å². The van der Waals surface area contributed by atoms with E-state index in [4.69, 9.17) is 5.11 Å². The molecule has 2 rings (SSSR count). The van der Waals surface area contributed by atoms with E-state index in [1.807, 2.05) is 0 Å². The van der Waals surface area contributed by atoms with Crippen LogP contribution in [0.4, 0.5) is 13.6 Å². The van der Waals surface area contributed by atoms with Gasteiger partial charge in [0.15, 0.2) is 21.5 Å². The van der Waals surface area contributed by atoms with E-state index in [9.17, 15) is 22.0 Å². The largest absolute Gasteiger partial charge is 0.465 e. The lowest BCUT2D eigenvalue weighted by Gasteiger charge is -2.30. The fourth-order valence-electron chi connectivity index (χ4n) is 2.21. The maximum Gasteiger partial charge on any atom is 0.407 e. The van der Waals surface area contributed by atoms with Gasteiger partial charge in [0, 0.05) is 13.1 Å². The lowest BCUT2D eigenvalue weighted by atomic mass is 10.1. The Hall–Kier alpha value is -1.70. The molecule has 5 nitrogen and oxygen atoms in total. The highest BCUT2D eigenvalue weighted by Gasteiger charge is 2.34. The van der Waals surface area contributed by atoms with Gasteiger partial charge in [-0.1, -0.05) is 0 Å². The fraction of sp³-hybridized carbons (Fsp3) is 0.417. The molecule has 1 saturated heterocycles. The van der Waals surface area contributed by atoms with Crippen molar-refractivity contribution in [2.75, 3.05) is 13.1 Å². The molecule has 1 amide bonds. The standard InChI is InChI=1S/C12H13F2NO4S/c13-10-4-3-8(6-11(10)14)20(18,19)9-2-1-5-15(7-9)12(16)17/h3-4,6,9H,1-2,5,7H2,(H,16,17)/t9-/m1/s1. The molecule has 1 N–H and O–H groups in total. The number of amides is 1. The maximum absolute atomic E-state index is 13.1. The average molecular weight is 305 g/mol. The minimum atomic E-state index is -3.88. The van der Waals surface area contributed by atoms with Gasteiger partial charge in [-0.15, -0.1) is 0 Å². The van der Waals surface area contributed by atoms with Crippen molar-refractivity contribution >= 4 is 15.9 Å². The van der Waals surface area contributed by atoms with E-state index in [-0.39, 0.29) is 18.0 Å². The lowest BCUT2D eigenvalue weighted by Crippen LogP contribution is -2.44. The molecule has 0 radical (unpaired) electrons. The summed E-state index contributed by atoms with van der Waals surface area (Å²) in [6.45, 7) is 0.121. The Labute approximate surface area is 114 Å². The Morgan fingerprint density at radius 2 is 2.00 bits per heavy atom. The van der Waals surface area contributed by atoms with Gasteiger partial charge in [-0.05, 0) is 31.0 Å². The summed E-state index contributed by atoms with van der Waals surface area (Å²) in [4.78, 5) is 11.6. The van der Waals surface area contributed by atoms with E-state index in [0.717, 1.165) is 17.0 Å². The molecule has 110 valence electrons. The second kappa shape index (κ2) is 5.35. The molecule has 0 unspecified atom stereocenters. The van der Waals surface area contributed by atoms with Gasteiger partial charge in [0.2, 0.25) is 0 Å². The maximum atomic E-state index is 13.1. The summed E-state index contributed by atoms with van der Waals surface area (Å²) in [5.74, 6) is -2.36. The van der Waals surface area contributed by atoms with Crippen LogP contribution in [0.2, 0.25) is 0 Å². The molecule has 1 heterocycles. The Morgan fingerprint density at radius 3 is 2.60 bits per heavy atom. The molecule has 8 heteroatoms. The minimum Gasteiger partial charge on any atom is -0.465 e. The number of piperidine rings is 1. The van der Waals surface area contributed by atoms with Gasteiger partial charge in [0.25, 0.3) is 0 Å². The van der Waals surface area contributed by atoms with Crippen molar-refractivity contribution < 1.29 is 27.1 Å². The molecule has 1 aromatic rings. The summed E-state index contributed by atoms with van der Waals surface area (Å²) in [7, 11) is -3.88. The van der Waals surface area contributed by atoms with Crippen molar-refractivity contribution in [3.05, 3.63) is 29.8 Å². The molecule has 0 aliphatic carbocycles. The van der Waals surface area contributed by atoms with Crippen LogP contribution in [-0.2, 0) is 9.84 Å². The number of hydrogen-bond acceptors (Lipinski definition) is 3. The zero-order valence-corrected chi connectivity index (χ0v) is 11.2. The zero-order valence-electron chi connectivity index (χ0n) is 10.4. The van der Waals surface area contributed by atoms with Crippen molar-refractivity contribution in [1.82, 2.24) is 4.90 Å². The summed E-state index contributed by atoms with van der Waals surface area (Å²) in [5.41, 5.74) is 0. The highest BCUT2D eigenvalue weighted by atomic mass is 32.2. The molecular formula is C12H13F2NO4S. The monoisotopic (exact) mass is 305 g/mol. The van der Waals surface area contributed by atoms with Crippen LogP contribution in [-0.4, -0.2) is 42.9 Å². The second-order valence-corrected chi connectivity index (χ2v) is 6.84. The molecule has 1 fully saturated rings. The van der Waals surface area contributed by atoms with Gasteiger partial charge in [-0.3, -0.25) is 0 Å². The minimum absolute atomic E-state index is 0.156. The van der Waals surface area contributed by atoms with Crippen molar-refractivity contribution in [1.29, 1.82) is 0 Å². The van der Waals surface area contributed by atoms with Crippen LogP contribution in [0, 0.1) is 11.6 Å². The predicted molar refractivity (Wildman–Crippen MR) is 66.2 cm³/mol. The van der Waals surface area contributed by atoms with Crippen molar-refractivity contribution in [3.63, 3.8) is 0 Å². The number of halogens is 2. The number of carbonyl (C=O) groups is 1. The Balaban J connectivity index is 2.29. The number of benzene rings is 1. The van der Waals surface area contributed by atoms with Crippen LogP contribution in [0.5, 0.6) is 0 Å². The molecule has 1 aliphatic rings. The molecule has 20 heavy (non-hydrogen) atoms. The molecule has 0 aromatic heterocycles. The molecule has 0 saturated carbocycles. The number of likely N-dealkylation sites (tertiary alicyclic amines) is 1. The van der Waals surface area contributed by atoms with Crippen molar-refractivity contribution in [3.8, 4) is 0 Å². The van der Waals surface area contributed by atoms with Crippen LogP contribution in [0.3, 0.4) is 0 Å². The quantitative estimate of drug-likeness (QED) is 0.847. The number of rotatable bonds is 2. The first-order chi connectivity index (χ1) is 9.32. The van der Waals surface area contributed by atoms with Gasteiger partial charge >= 0.3 is 6.09 Å². The smallest absolute Gasteiger partial charge is 0.407 e. The summed E-state index contributed by atoms with van der Waals surface area (Å²) in [6.07, 6.45) is -0.472. The van der Waals surface area contributed by atoms with Crippen LogP contribution < -0.4 is 0 Å². The van der Waals surface area contributed by atoms with E-state index in [1.165, 1.54) is 0 Å². The van der Waals surface area contributed by atoms with E-state index in [1.54, 1.807) is 0 Å². The van der Waals surface area contributed by atoms with Crippen molar-refractivity contribution in [2.24, 2.45) is 0 Å². The Kier molecular flexibility index (Phi) is 3.94. The average Bonchev–Trinajstić information content (AvgIpc) is 2.42. The van der Waals surface area contributed by atoms with Crippen LogP contribution in [0.25, 0.3) is 0 Å². The second-order valence-electron chi connectivity index (χ2n) is 4.61. The SMILES string of the molecule is O=C(O)N1CCC[C@@H](S(=O)(=O)c2ccc(F)c(F)c2)C1. The number of nitrogens with zero attached hydrogens (tertiary/aromatic N) is 1. The van der Waals surface area contributed by atoms with Gasteiger partial charge in [0.1, 0.15) is 0 Å². The van der Waals surface area contributed by atoms with Crippen LogP contribution in [0.1, 0.15) is 12.8 Å². The van der Waals surface area contributed by atoms with Gasteiger partial charge in [-0.25, -0.2) is 22.0 Å². The Bertz CT molecular complexity index is 632. The lowest BCUT2D eigenvalue weighted by molar-refractivity contribution is 0.136. The van der Waals surface area contributed by atoms with Gasteiger partial charge in [-0.2, -0.15) is 0 Å². The summed E-state index contributed by atoms with van der Waals surface area (Å²) < 4.78 is 50.6. The molecule has 0 bridgehead atoms. The zero-order chi connectivity index (χ0) is 14.9. The number of sulfone groups is 1. The van der Waals surface area contributed by atoms with Crippen molar-refractivity contribution in [2.45, 2.75) is 23.0 Å². The first-order valence-corrected chi connectivity index (χ1v) is 7.54. The Morgan fingerprint density at radius 1 is 1.30 bits per heavy atom. The molecule has 1 aromatic carbocycles. The third kappa shape index (κ3) is 2.74. The molecular weight excluding hydrogens is 292 g/mol. The summed E-state index contributed by atoms with van der Waals surface area (Å²) in [6, 6.07) is 2.37. The van der Waals surface area contributed by atoms with Crippen LogP contribution >= 0.6 is 0 Å². The highest BCUT2D eigenvalue weighted by Crippen LogP contribution is 2.25. The highest BCUT2D eigenvalue weighted by molar-refractivity contribution is 7.92. The van der Waals surface area contributed by atoms with Gasteiger partial charge in [0.05, 0.1) is 10.1 Å². The normalized spacial score (nSPS) is 19.9. The summed E-state index contributed by atoms with van der Waals surface area (Å²) >= 11 is 0. The number of carboxylic acid groups (broad SMARTS) is 1. The van der Waals surface area contributed by atoms with E-state index in [0.29, 0.717) is 18.9 Å². The summed E-state index contributed by atoms with van der Waals surface area (Å²) in [5, 5.41) is 7.96. The number of hydrogen-bond donors (Lipinski definition) is 1. The van der Waals surface area contributed by atoms with Gasteiger partial charge < -0.3 is 10.0 Å². The molecule has 0 spiro atoms.